The van der Waals surface area contributed by atoms with Crippen molar-refractivity contribution in [2.75, 3.05) is 19.7 Å². The van der Waals surface area contributed by atoms with Crippen LogP contribution < -0.4 is 0 Å². The summed E-state index contributed by atoms with van der Waals surface area (Å²) in [6.07, 6.45) is 1.13. The van der Waals surface area contributed by atoms with Crippen molar-refractivity contribution in [1.29, 1.82) is 0 Å². The second-order valence-corrected chi connectivity index (χ2v) is 6.71. The molecule has 1 aromatic carbocycles. The molecule has 1 saturated heterocycles. The number of para-hydroxylation sites is 1. The minimum absolute atomic E-state index is 0.137. The predicted octanol–water partition coefficient (Wildman–Crippen LogP) is 2.90. The van der Waals surface area contributed by atoms with Gasteiger partial charge in [-0.3, -0.25) is 4.79 Å². The largest absolute Gasteiger partial charge is 0.451 e. The van der Waals surface area contributed by atoms with Crippen molar-refractivity contribution in [2.24, 2.45) is 11.8 Å². The summed E-state index contributed by atoms with van der Waals surface area (Å²) in [5.41, 5.74) is 0.957. The lowest BCUT2D eigenvalue weighted by Crippen LogP contribution is -2.44. The van der Waals surface area contributed by atoms with Crippen molar-refractivity contribution in [1.82, 2.24) is 9.88 Å². The molecule has 24 heavy (non-hydrogen) atoms. The molecule has 2 atom stereocenters. The highest BCUT2D eigenvalue weighted by Gasteiger charge is 2.26. The monoisotopic (exact) mass is 326 g/mol. The number of benzene rings is 1. The summed E-state index contributed by atoms with van der Waals surface area (Å²) >= 11 is 0. The van der Waals surface area contributed by atoms with E-state index in [0.29, 0.717) is 11.8 Å². The Balaban J connectivity index is 1.60. The number of pyridine rings is 1. The summed E-state index contributed by atoms with van der Waals surface area (Å²) in [5, 5.41) is 0.960. The molecule has 0 saturated carbocycles. The molecule has 5 nitrogen and oxygen atoms in total. The van der Waals surface area contributed by atoms with E-state index in [1.807, 2.05) is 30.3 Å². The van der Waals surface area contributed by atoms with Gasteiger partial charge in [-0.1, -0.05) is 38.1 Å². The molecule has 1 fully saturated rings. The second kappa shape index (κ2) is 6.99. The zero-order valence-corrected chi connectivity index (χ0v) is 14.1. The van der Waals surface area contributed by atoms with Crippen molar-refractivity contribution < 1.29 is 14.3 Å². The standard InChI is InChI=1S/C19H22N2O3/c1-13-9-14(2)11-21(10-13)18(22)12-24-19(23)17-8-7-15-5-3-4-6-16(15)20-17/h3-8,13-14H,9-12H2,1-2H3/t13-,14-/m0/s1. The zero-order chi connectivity index (χ0) is 17.1. The lowest BCUT2D eigenvalue weighted by molar-refractivity contribution is -0.137. The van der Waals surface area contributed by atoms with Gasteiger partial charge in [0.15, 0.2) is 6.61 Å². The number of likely N-dealkylation sites (tertiary alicyclic amines) is 1. The number of hydrogen-bond donors (Lipinski definition) is 0. The van der Waals surface area contributed by atoms with Crippen LogP contribution in [0.4, 0.5) is 0 Å². The van der Waals surface area contributed by atoms with Gasteiger partial charge >= 0.3 is 5.97 Å². The fraction of sp³-hybridized carbons (Fsp3) is 0.421. The smallest absolute Gasteiger partial charge is 0.357 e. The third-order valence-electron chi connectivity index (χ3n) is 4.36. The Morgan fingerprint density at radius 1 is 1.12 bits per heavy atom. The van der Waals surface area contributed by atoms with E-state index in [-0.39, 0.29) is 18.2 Å². The van der Waals surface area contributed by atoms with Crippen LogP contribution in [0.1, 0.15) is 30.8 Å². The van der Waals surface area contributed by atoms with Gasteiger partial charge in [-0.2, -0.15) is 0 Å². The normalized spacial score (nSPS) is 20.8. The molecule has 2 aromatic rings. The number of carbonyl (C=O) groups is 2. The van der Waals surface area contributed by atoms with E-state index in [1.54, 1.807) is 11.0 Å². The first kappa shape index (κ1) is 16.4. The van der Waals surface area contributed by atoms with E-state index in [9.17, 15) is 9.59 Å². The van der Waals surface area contributed by atoms with Gasteiger partial charge in [0.25, 0.3) is 5.91 Å². The van der Waals surface area contributed by atoms with Crippen molar-refractivity contribution >= 4 is 22.8 Å². The summed E-state index contributed by atoms with van der Waals surface area (Å²) < 4.78 is 5.17. The molecular weight excluding hydrogens is 304 g/mol. The van der Waals surface area contributed by atoms with Crippen LogP contribution in [0.3, 0.4) is 0 Å². The minimum atomic E-state index is -0.563. The van der Waals surface area contributed by atoms with E-state index in [2.05, 4.69) is 18.8 Å². The van der Waals surface area contributed by atoms with Crippen LogP contribution in [0, 0.1) is 11.8 Å². The molecule has 1 aromatic heterocycles. The summed E-state index contributed by atoms with van der Waals surface area (Å²) in [6.45, 7) is 5.51. The van der Waals surface area contributed by atoms with Crippen molar-refractivity contribution in [3.8, 4) is 0 Å². The van der Waals surface area contributed by atoms with Gasteiger partial charge < -0.3 is 9.64 Å². The van der Waals surface area contributed by atoms with E-state index in [0.717, 1.165) is 30.4 Å². The molecule has 0 radical (unpaired) electrons. The van der Waals surface area contributed by atoms with E-state index in [4.69, 9.17) is 4.74 Å². The number of ether oxygens (including phenoxy) is 1. The molecule has 5 heteroatoms. The average molecular weight is 326 g/mol. The fourth-order valence-electron chi connectivity index (χ4n) is 3.34. The van der Waals surface area contributed by atoms with Crippen LogP contribution in [-0.2, 0) is 9.53 Å². The highest BCUT2D eigenvalue weighted by molar-refractivity contribution is 5.92. The fourth-order valence-corrected chi connectivity index (χ4v) is 3.34. The first-order valence-electron chi connectivity index (χ1n) is 8.33. The molecule has 0 bridgehead atoms. The molecule has 2 heterocycles. The Morgan fingerprint density at radius 2 is 1.83 bits per heavy atom. The Kier molecular flexibility index (Phi) is 4.79. The summed E-state index contributed by atoms with van der Waals surface area (Å²) in [5.74, 6) is 0.265. The van der Waals surface area contributed by atoms with Gasteiger partial charge in [0.1, 0.15) is 5.69 Å². The minimum Gasteiger partial charge on any atom is -0.451 e. The highest BCUT2D eigenvalue weighted by atomic mass is 16.5. The molecule has 3 rings (SSSR count). The third-order valence-corrected chi connectivity index (χ3v) is 4.36. The predicted molar refractivity (Wildman–Crippen MR) is 91.6 cm³/mol. The molecular formula is C19H22N2O3. The quantitative estimate of drug-likeness (QED) is 0.814. The Labute approximate surface area is 141 Å². The van der Waals surface area contributed by atoms with Crippen molar-refractivity contribution in [3.05, 3.63) is 42.1 Å². The number of carbonyl (C=O) groups excluding carboxylic acids is 2. The highest BCUT2D eigenvalue weighted by Crippen LogP contribution is 2.21. The van der Waals surface area contributed by atoms with Crippen LogP contribution in [0.15, 0.2) is 36.4 Å². The third kappa shape index (κ3) is 3.72. The maximum absolute atomic E-state index is 12.3. The molecule has 126 valence electrons. The van der Waals surface area contributed by atoms with Gasteiger partial charge in [-0.15, -0.1) is 0 Å². The molecule has 1 aliphatic rings. The van der Waals surface area contributed by atoms with Crippen LogP contribution in [-0.4, -0.2) is 41.5 Å². The molecule has 0 aliphatic carbocycles. The first-order valence-corrected chi connectivity index (χ1v) is 8.33. The van der Waals surface area contributed by atoms with Gasteiger partial charge in [-0.05, 0) is 30.4 Å². The Hall–Kier alpha value is -2.43. The number of esters is 1. The molecule has 1 aliphatic heterocycles. The number of rotatable bonds is 3. The van der Waals surface area contributed by atoms with E-state index in [1.165, 1.54) is 0 Å². The first-order chi connectivity index (χ1) is 11.5. The average Bonchev–Trinajstić information content (AvgIpc) is 2.58. The van der Waals surface area contributed by atoms with Crippen LogP contribution in [0.5, 0.6) is 0 Å². The Bertz CT molecular complexity index is 749. The van der Waals surface area contributed by atoms with E-state index >= 15 is 0 Å². The maximum Gasteiger partial charge on any atom is 0.357 e. The molecule has 0 unspecified atom stereocenters. The van der Waals surface area contributed by atoms with Crippen molar-refractivity contribution in [2.45, 2.75) is 20.3 Å². The number of fused-ring (bicyclic) bond motifs is 1. The van der Waals surface area contributed by atoms with Gasteiger partial charge in [0.2, 0.25) is 0 Å². The number of nitrogens with zero attached hydrogens (tertiary/aromatic N) is 2. The van der Waals surface area contributed by atoms with Gasteiger partial charge in [0, 0.05) is 18.5 Å². The number of hydrogen-bond acceptors (Lipinski definition) is 4. The number of piperidine rings is 1. The van der Waals surface area contributed by atoms with Gasteiger partial charge in [-0.25, -0.2) is 9.78 Å². The topological polar surface area (TPSA) is 59.5 Å². The maximum atomic E-state index is 12.3. The van der Waals surface area contributed by atoms with Crippen LogP contribution in [0.2, 0.25) is 0 Å². The van der Waals surface area contributed by atoms with Crippen LogP contribution in [0.25, 0.3) is 10.9 Å². The molecule has 0 N–H and O–H groups in total. The zero-order valence-electron chi connectivity index (χ0n) is 14.1. The lowest BCUT2D eigenvalue weighted by Gasteiger charge is -2.34. The molecule has 1 amide bonds. The van der Waals surface area contributed by atoms with Crippen molar-refractivity contribution in [3.63, 3.8) is 0 Å². The summed E-state index contributed by atoms with van der Waals surface area (Å²) in [7, 11) is 0. The summed E-state index contributed by atoms with van der Waals surface area (Å²) in [6, 6.07) is 11.0. The van der Waals surface area contributed by atoms with Gasteiger partial charge in [0.05, 0.1) is 5.52 Å². The number of amides is 1. The van der Waals surface area contributed by atoms with Crippen LogP contribution >= 0.6 is 0 Å². The molecule has 0 spiro atoms. The summed E-state index contributed by atoms with van der Waals surface area (Å²) in [4.78, 5) is 30.5. The number of aromatic nitrogens is 1. The lowest BCUT2D eigenvalue weighted by atomic mass is 9.92. The second-order valence-electron chi connectivity index (χ2n) is 6.71. The van der Waals surface area contributed by atoms with E-state index < -0.39 is 5.97 Å². The SMILES string of the molecule is C[C@H]1C[C@H](C)CN(C(=O)COC(=O)c2ccc3ccccc3n2)C1. The Morgan fingerprint density at radius 3 is 2.58 bits per heavy atom.